The molecule has 0 bridgehead atoms. The first kappa shape index (κ1) is 24.9. The van der Waals surface area contributed by atoms with Crippen LogP contribution < -0.4 is 5.32 Å². The second-order valence-corrected chi connectivity index (χ2v) is 9.03. The van der Waals surface area contributed by atoms with Crippen molar-refractivity contribution in [3.05, 3.63) is 107 Å². The van der Waals surface area contributed by atoms with Crippen molar-refractivity contribution < 1.29 is 27.5 Å². The van der Waals surface area contributed by atoms with Gasteiger partial charge in [0.1, 0.15) is 23.3 Å². The molecular formula is C27H26F4N2O2. The van der Waals surface area contributed by atoms with Gasteiger partial charge in [-0.15, -0.1) is 0 Å². The molecule has 0 saturated carbocycles. The molecule has 1 aliphatic heterocycles. The molecule has 4 rings (SSSR count). The van der Waals surface area contributed by atoms with E-state index >= 15 is 0 Å². The molecule has 1 saturated heterocycles. The fourth-order valence-electron chi connectivity index (χ4n) is 4.54. The van der Waals surface area contributed by atoms with Crippen molar-refractivity contribution in [2.24, 2.45) is 0 Å². The highest BCUT2D eigenvalue weighted by atomic mass is 19.1. The van der Waals surface area contributed by atoms with Crippen LogP contribution in [0.5, 0.6) is 0 Å². The summed E-state index contributed by atoms with van der Waals surface area (Å²) in [6, 6.07) is 13.1. The number of hydrogen-bond donors (Lipinski definition) is 2. The summed E-state index contributed by atoms with van der Waals surface area (Å²) in [7, 11) is 0. The summed E-state index contributed by atoms with van der Waals surface area (Å²) in [5.74, 6) is -3.02. The highest BCUT2D eigenvalue weighted by molar-refractivity contribution is 5.92. The Kier molecular flexibility index (Phi) is 7.23. The molecule has 1 aliphatic rings. The first-order valence-electron chi connectivity index (χ1n) is 11.3. The Morgan fingerprint density at radius 3 is 2.00 bits per heavy atom. The van der Waals surface area contributed by atoms with Crippen LogP contribution in [0.2, 0.25) is 0 Å². The van der Waals surface area contributed by atoms with Gasteiger partial charge in [0, 0.05) is 31.3 Å². The van der Waals surface area contributed by atoms with Gasteiger partial charge in [-0.25, -0.2) is 17.6 Å². The van der Waals surface area contributed by atoms with E-state index in [9.17, 15) is 27.5 Å². The molecule has 0 radical (unpaired) electrons. The van der Waals surface area contributed by atoms with Crippen LogP contribution in [0.15, 0.2) is 66.7 Å². The van der Waals surface area contributed by atoms with Gasteiger partial charge < -0.3 is 10.4 Å². The fourth-order valence-corrected chi connectivity index (χ4v) is 4.54. The highest BCUT2D eigenvalue weighted by Crippen LogP contribution is 2.34. The lowest BCUT2D eigenvalue weighted by atomic mass is 9.75. The lowest BCUT2D eigenvalue weighted by Crippen LogP contribution is -2.47. The van der Waals surface area contributed by atoms with Gasteiger partial charge in [0.25, 0.3) is 0 Å². The van der Waals surface area contributed by atoms with E-state index in [0.29, 0.717) is 30.6 Å². The minimum atomic E-state index is -1.37. The molecule has 2 N–H and O–H groups in total. The van der Waals surface area contributed by atoms with Crippen LogP contribution in [0, 0.1) is 23.3 Å². The van der Waals surface area contributed by atoms with Crippen molar-refractivity contribution in [1.82, 2.24) is 10.2 Å². The number of amides is 1. The molecule has 1 fully saturated rings. The van der Waals surface area contributed by atoms with Crippen LogP contribution in [-0.2, 0) is 10.2 Å². The lowest BCUT2D eigenvalue weighted by Gasteiger charge is -2.33. The number of rotatable bonds is 7. The molecule has 8 heteroatoms. The predicted molar refractivity (Wildman–Crippen MR) is 124 cm³/mol. The number of nitrogens with zero attached hydrogens (tertiary/aromatic N) is 1. The van der Waals surface area contributed by atoms with E-state index in [0.717, 1.165) is 12.1 Å². The number of nitrogens with one attached hydrogen (secondary N) is 1. The number of carbonyl (C=O) groups is 1. The van der Waals surface area contributed by atoms with Crippen molar-refractivity contribution in [1.29, 1.82) is 0 Å². The number of carbonyl (C=O) groups excluding carboxylic acids is 1. The van der Waals surface area contributed by atoms with E-state index in [2.05, 4.69) is 5.32 Å². The van der Waals surface area contributed by atoms with Gasteiger partial charge in [0.15, 0.2) is 0 Å². The standard InChI is InChI=1S/C27H26F4N2O2/c1-27(17-2-6-19(28)7-3-17,18-4-8-20(29)9-5-18)26(35)32-25(16-33-13-12-22(34)15-33)23-11-10-21(30)14-24(23)31/h2-11,14,22,25,34H,12-13,15-16H2,1H3,(H,32,35)/t22-,25+/m0/s1. The SMILES string of the molecule is CC(C(=O)N[C@H](CN1CC[C@H](O)C1)c1ccc(F)cc1F)(c1ccc(F)cc1)c1ccc(F)cc1. The molecule has 1 amide bonds. The molecule has 3 aromatic rings. The molecule has 3 aromatic carbocycles. The predicted octanol–water partition coefficient (Wildman–Crippen LogP) is 4.47. The minimum absolute atomic E-state index is 0.0988. The van der Waals surface area contributed by atoms with Crippen molar-refractivity contribution in [3.63, 3.8) is 0 Å². The molecular weight excluding hydrogens is 460 g/mol. The van der Waals surface area contributed by atoms with Crippen LogP contribution >= 0.6 is 0 Å². The van der Waals surface area contributed by atoms with Crippen molar-refractivity contribution in [2.45, 2.75) is 30.9 Å². The van der Waals surface area contributed by atoms with Crippen LogP contribution in [0.4, 0.5) is 17.6 Å². The van der Waals surface area contributed by atoms with E-state index in [-0.39, 0.29) is 12.1 Å². The zero-order chi connectivity index (χ0) is 25.2. The summed E-state index contributed by atoms with van der Waals surface area (Å²) < 4.78 is 55.7. The average Bonchev–Trinajstić information content (AvgIpc) is 3.23. The quantitative estimate of drug-likeness (QED) is 0.485. The summed E-state index contributed by atoms with van der Waals surface area (Å²) in [6.07, 6.45) is 0.0308. The zero-order valence-electron chi connectivity index (χ0n) is 19.1. The molecule has 4 nitrogen and oxygen atoms in total. The summed E-state index contributed by atoms with van der Waals surface area (Å²) in [5.41, 5.74) is -0.363. The molecule has 0 unspecified atom stereocenters. The molecule has 184 valence electrons. The average molecular weight is 487 g/mol. The van der Waals surface area contributed by atoms with Crippen LogP contribution in [0.3, 0.4) is 0 Å². The number of aliphatic hydroxyl groups excluding tert-OH is 1. The summed E-state index contributed by atoms with van der Waals surface area (Å²) in [6.45, 7) is 2.74. The van der Waals surface area contributed by atoms with Crippen LogP contribution in [-0.4, -0.2) is 41.7 Å². The van der Waals surface area contributed by atoms with Crippen molar-refractivity contribution in [3.8, 4) is 0 Å². The number of likely N-dealkylation sites (tertiary alicyclic amines) is 1. The zero-order valence-corrected chi connectivity index (χ0v) is 19.1. The maximum absolute atomic E-state index is 14.8. The first-order chi connectivity index (χ1) is 16.7. The first-order valence-corrected chi connectivity index (χ1v) is 11.3. The molecule has 2 atom stereocenters. The topological polar surface area (TPSA) is 52.6 Å². The number of hydrogen-bond acceptors (Lipinski definition) is 3. The molecule has 0 spiro atoms. The van der Waals surface area contributed by atoms with Gasteiger partial charge in [-0.2, -0.15) is 0 Å². The van der Waals surface area contributed by atoms with Gasteiger partial charge in [0.2, 0.25) is 5.91 Å². The Morgan fingerprint density at radius 1 is 0.971 bits per heavy atom. The van der Waals surface area contributed by atoms with E-state index in [1.807, 2.05) is 4.90 Å². The second kappa shape index (κ2) is 10.2. The Hall–Kier alpha value is -3.23. The Labute approximate surface area is 201 Å². The third-order valence-electron chi connectivity index (χ3n) is 6.63. The van der Waals surface area contributed by atoms with Crippen LogP contribution in [0.1, 0.15) is 36.1 Å². The van der Waals surface area contributed by atoms with E-state index in [4.69, 9.17) is 0 Å². The maximum atomic E-state index is 14.8. The highest BCUT2D eigenvalue weighted by Gasteiger charge is 2.39. The van der Waals surface area contributed by atoms with Crippen molar-refractivity contribution >= 4 is 5.91 Å². The Morgan fingerprint density at radius 2 is 1.51 bits per heavy atom. The van der Waals surface area contributed by atoms with Gasteiger partial charge in [-0.05, 0) is 54.8 Å². The minimum Gasteiger partial charge on any atom is -0.392 e. The van der Waals surface area contributed by atoms with Gasteiger partial charge >= 0.3 is 0 Å². The van der Waals surface area contributed by atoms with Gasteiger partial charge in [0.05, 0.1) is 17.6 Å². The molecule has 1 heterocycles. The van der Waals surface area contributed by atoms with Crippen molar-refractivity contribution in [2.75, 3.05) is 19.6 Å². The summed E-state index contributed by atoms with van der Waals surface area (Å²) in [4.78, 5) is 15.8. The maximum Gasteiger partial charge on any atom is 0.235 e. The summed E-state index contributed by atoms with van der Waals surface area (Å²) >= 11 is 0. The van der Waals surface area contributed by atoms with Gasteiger partial charge in [-0.1, -0.05) is 30.3 Å². The number of aliphatic hydroxyl groups is 1. The van der Waals surface area contributed by atoms with E-state index in [1.165, 1.54) is 54.6 Å². The number of β-amino-alcohol motifs (C(OH)–C–C–N with tert-alkyl or cyclic N) is 1. The van der Waals surface area contributed by atoms with Gasteiger partial charge in [-0.3, -0.25) is 9.69 Å². The van der Waals surface area contributed by atoms with E-state index in [1.54, 1.807) is 6.92 Å². The number of halogens is 4. The van der Waals surface area contributed by atoms with E-state index < -0.39 is 46.7 Å². The Bertz CT molecular complexity index is 1140. The lowest BCUT2D eigenvalue weighted by molar-refractivity contribution is -0.125. The summed E-state index contributed by atoms with van der Waals surface area (Å²) in [5, 5.41) is 12.8. The monoisotopic (exact) mass is 486 g/mol. The molecule has 35 heavy (non-hydrogen) atoms. The third-order valence-corrected chi connectivity index (χ3v) is 6.63. The second-order valence-electron chi connectivity index (χ2n) is 9.03. The molecule has 0 aromatic heterocycles. The fraction of sp³-hybridized carbons (Fsp3) is 0.296. The number of benzene rings is 3. The smallest absolute Gasteiger partial charge is 0.235 e. The largest absolute Gasteiger partial charge is 0.392 e. The Balaban J connectivity index is 1.73. The van der Waals surface area contributed by atoms with Crippen LogP contribution in [0.25, 0.3) is 0 Å². The normalized spacial score (nSPS) is 17.4. The molecule has 0 aliphatic carbocycles. The third kappa shape index (κ3) is 5.39.